The van der Waals surface area contributed by atoms with Gasteiger partial charge in [0.1, 0.15) is 22.4 Å². The molecule has 1 fully saturated rings. The summed E-state index contributed by atoms with van der Waals surface area (Å²) in [5.41, 5.74) is 7.18. The molecule has 0 aliphatic carbocycles. The summed E-state index contributed by atoms with van der Waals surface area (Å²) >= 11 is 1.15. The number of ether oxygens (including phenoxy) is 2. The van der Waals surface area contributed by atoms with Crippen molar-refractivity contribution >= 4 is 43.3 Å². The molecule has 5 heterocycles. The molecule has 220 valence electrons. The molecule has 14 heteroatoms. The second-order valence-electron chi connectivity index (χ2n) is 10.8. The van der Waals surface area contributed by atoms with E-state index in [0.29, 0.717) is 46.0 Å². The molecule has 0 amide bonds. The van der Waals surface area contributed by atoms with Crippen LogP contribution in [0.15, 0.2) is 16.7 Å². The molecule has 1 saturated heterocycles. The van der Waals surface area contributed by atoms with E-state index in [4.69, 9.17) is 29.7 Å². The molecular weight excluding hydrogens is 578 g/mol. The standard InChI is InChI=1S/C29H26F2N8O3S/c1-13-34-20(37-42-13)12-41-28-23-17-11-40-10-16(17)22(24-18(30)4-5-19-21(24)15(8-32)27(33)43-19)25(31)26(23)35-29(36-28)39-7-6-14(9-39)38(2)3/h4-5,14H,6-7,9-12,33H2,1-3H3/t14-/m0/s1. The number of nitrogens with zero attached hydrogens (tertiary/aromatic N) is 7. The van der Waals surface area contributed by atoms with E-state index in [1.807, 2.05) is 19.0 Å². The summed E-state index contributed by atoms with van der Waals surface area (Å²) in [4.78, 5) is 17.8. The fourth-order valence-corrected chi connectivity index (χ4v) is 6.84. The Hall–Kier alpha value is -4.45. The van der Waals surface area contributed by atoms with Gasteiger partial charge in [0.2, 0.25) is 23.5 Å². The lowest BCUT2D eigenvalue weighted by molar-refractivity contribution is 0.135. The number of benzene rings is 2. The number of nitriles is 1. The molecule has 0 radical (unpaired) electrons. The van der Waals surface area contributed by atoms with Crippen molar-refractivity contribution in [1.29, 1.82) is 5.26 Å². The van der Waals surface area contributed by atoms with Crippen LogP contribution in [0.2, 0.25) is 0 Å². The number of likely N-dealkylation sites (N-methyl/N-ethyl adjacent to an activating group) is 1. The van der Waals surface area contributed by atoms with Gasteiger partial charge in [-0.15, -0.1) is 11.3 Å². The minimum absolute atomic E-state index is 0.00520. The number of fused-ring (bicyclic) bond motifs is 4. The van der Waals surface area contributed by atoms with Crippen LogP contribution in [0.1, 0.15) is 34.8 Å². The molecular formula is C29H26F2N8O3S. The number of aryl methyl sites for hydroxylation is 1. The molecule has 0 bridgehead atoms. The number of hydrogen-bond donors (Lipinski definition) is 1. The average Bonchev–Trinajstić information content (AvgIpc) is 3.79. The fraction of sp³-hybridized carbons (Fsp3) is 0.345. The highest BCUT2D eigenvalue weighted by molar-refractivity contribution is 7.23. The normalized spacial score (nSPS) is 16.5. The zero-order valence-corrected chi connectivity index (χ0v) is 24.4. The van der Waals surface area contributed by atoms with Gasteiger partial charge >= 0.3 is 0 Å². The topological polar surface area (TPSA) is 139 Å². The van der Waals surface area contributed by atoms with Gasteiger partial charge in [-0.2, -0.15) is 15.2 Å². The second-order valence-corrected chi connectivity index (χ2v) is 11.9. The van der Waals surface area contributed by atoms with Crippen molar-refractivity contribution in [2.75, 3.05) is 37.8 Å². The average molecular weight is 605 g/mol. The lowest BCUT2D eigenvalue weighted by Gasteiger charge is -2.22. The number of thiophene rings is 1. The SMILES string of the molecule is Cc1nc(COc2nc(N3CC[C@H](N(C)C)C3)nc3c(F)c(-c4c(F)ccc5sc(N)c(C#N)c45)c4c(c23)COC4)no1. The maximum atomic E-state index is 17.0. The molecule has 2 aliphatic heterocycles. The van der Waals surface area contributed by atoms with Crippen LogP contribution in [0.5, 0.6) is 5.88 Å². The van der Waals surface area contributed by atoms with Gasteiger partial charge in [0, 0.05) is 47.3 Å². The highest BCUT2D eigenvalue weighted by atomic mass is 32.1. The quantitative estimate of drug-likeness (QED) is 0.289. The van der Waals surface area contributed by atoms with E-state index in [9.17, 15) is 5.26 Å². The third kappa shape index (κ3) is 4.43. The van der Waals surface area contributed by atoms with Gasteiger partial charge in [0.15, 0.2) is 12.4 Å². The number of nitrogen functional groups attached to an aromatic ring is 1. The number of nitrogens with two attached hydrogens (primary N) is 1. The van der Waals surface area contributed by atoms with Gasteiger partial charge < -0.3 is 29.5 Å². The van der Waals surface area contributed by atoms with Gasteiger partial charge in [-0.3, -0.25) is 0 Å². The van der Waals surface area contributed by atoms with Crippen LogP contribution < -0.4 is 15.4 Å². The van der Waals surface area contributed by atoms with Crippen molar-refractivity contribution in [1.82, 2.24) is 25.0 Å². The van der Waals surface area contributed by atoms with Crippen LogP contribution in [0.4, 0.5) is 19.7 Å². The Balaban J connectivity index is 1.49. The van der Waals surface area contributed by atoms with Crippen molar-refractivity contribution in [3.8, 4) is 23.1 Å². The third-order valence-corrected chi connectivity index (χ3v) is 9.01. The van der Waals surface area contributed by atoms with E-state index in [0.717, 1.165) is 17.8 Å². The highest BCUT2D eigenvalue weighted by Gasteiger charge is 2.34. The Morgan fingerprint density at radius 2 is 1.98 bits per heavy atom. The van der Waals surface area contributed by atoms with Crippen LogP contribution in [0.3, 0.4) is 0 Å². The summed E-state index contributed by atoms with van der Waals surface area (Å²) in [7, 11) is 4.02. The molecule has 5 aromatic rings. The lowest BCUT2D eigenvalue weighted by Crippen LogP contribution is -2.32. The molecule has 1 atom stereocenters. The molecule has 0 unspecified atom stereocenters. The molecule has 0 saturated carbocycles. The van der Waals surface area contributed by atoms with Crippen molar-refractivity contribution in [3.05, 3.63) is 52.2 Å². The van der Waals surface area contributed by atoms with Crippen LogP contribution in [-0.4, -0.2) is 58.2 Å². The molecule has 11 nitrogen and oxygen atoms in total. The highest BCUT2D eigenvalue weighted by Crippen LogP contribution is 2.47. The first-order chi connectivity index (χ1) is 20.7. The second kappa shape index (κ2) is 10.4. The number of halogens is 2. The largest absolute Gasteiger partial charge is 0.469 e. The Labute approximate surface area is 248 Å². The van der Waals surface area contributed by atoms with E-state index in [1.165, 1.54) is 6.07 Å². The van der Waals surface area contributed by atoms with Gasteiger partial charge in [0.05, 0.1) is 24.2 Å². The predicted octanol–water partition coefficient (Wildman–Crippen LogP) is 4.68. The number of rotatable bonds is 6. The first-order valence-corrected chi connectivity index (χ1v) is 14.4. The minimum Gasteiger partial charge on any atom is -0.469 e. The third-order valence-electron chi connectivity index (χ3n) is 8.03. The molecule has 2 aliphatic rings. The molecule has 2 N–H and O–H groups in total. The first kappa shape index (κ1) is 27.4. The summed E-state index contributed by atoms with van der Waals surface area (Å²) in [5.74, 6) is -0.328. The van der Waals surface area contributed by atoms with Crippen molar-refractivity contribution in [2.24, 2.45) is 0 Å². The monoisotopic (exact) mass is 604 g/mol. The summed E-state index contributed by atoms with van der Waals surface area (Å²) in [6.07, 6.45) is 0.877. The van der Waals surface area contributed by atoms with Crippen LogP contribution in [0.25, 0.3) is 32.1 Å². The van der Waals surface area contributed by atoms with E-state index < -0.39 is 11.6 Å². The minimum atomic E-state index is -0.758. The van der Waals surface area contributed by atoms with E-state index in [1.54, 1.807) is 13.0 Å². The maximum Gasteiger partial charge on any atom is 0.229 e. The zero-order chi connectivity index (χ0) is 30.0. The summed E-state index contributed by atoms with van der Waals surface area (Å²) < 4.78 is 50.4. The van der Waals surface area contributed by atoms with Crippen LogP contribution in [-0.2, 0) is 24.6 Å². The lowest BCUT2D eigenvalue weighted by atomic mass is 9.90. The summed E-state index contributed by atoms with van der Waals surface area (Å²) in [6, 6.07) is 5.15. The fourth-order valence-electron chi connectivity index (χ4n) is 5.91. The van der Waals surface area contributed by atoms with Gasteiger partial charge in [-0.1, -0.05) is 5.16 Å². The van der Waals surface area contributed by atoms with Crippen LogP contribution in [0, 0.1) is 29.9 Å². The molecule has 0 spiro atoms. The van der Waals surface area contributed by atoms with Gasteiger partial charge in [0.25, 0.3) is 0 Å². The number of aromatic nitrogens is 4. The summed E-state index contributed by atoms with van der Waals surface area (Å²) in [5, 5.41) is 14.6. The molecule has 2 aromatic carbocycles. The number of hydrogen-bond acceptors (Lipinski definition) is 12. The van der Waals surface area contributed by atoms with Crippen LogP contribution >= 0.6 is 11.3 Å². The number of anilines is 2. The Morgan fingerprint density at radius 3 is 2.70 bits per heavy atom. The smallest absolute Gasteiger partial charge is 0.229 e. The Morgan fingerprint density at radius 1 is 1.16 bits per heavy atom. The zero-order valence-electron chi connectivity index (χ0n) is 23.6. The molecule has 43 heavy (non-hydrogen) atoms. The van der Waals surface area contributed by atoms with Gasteiger partial charge in [-0.05, 0) is 43.8 Å². The Bertz CT molecular complexity index is 1970. The first-order valence-electron chi connectivity index (χ1n) is 13.6. The van der Waals surface area contributed by atoms with E-state index >= 15 is 8.78 Å². The van der Waals surface area contributed by atoms with E-state index in [2.05, 4.69) is 21.1 Å². The molecule has 3 aromatic heterocycles. The Kier molecular flexibility index (Phi) is 6.60. The predicted molar refractivity (Wildman–Crippen MR) is 156 cm³/mol. The van der Waals surface area contributed by atoms with Crippen molar-refractivity contribution < 1.29 is 22.8 Å². The van der Waals surface area contributed by atoms with Crippen molar-refractivity contribution in [2.45, 2.75) is 39.2 Å². The summed E-state index contributed by atoms with van der Waals surface area (Å²) in [6.45, 7) is 3.03. The van der Waals surface area contributed by atoms with Gasteiger partial charge in [-0.25, -0.2) is 13.8 Å². The maximum absolute atomic E-state index is 17.0. The van der Waals surface area contributed by atoms with Crippen molar-refractivity contribution in [3.63, 3.8) is 0 Å². The van der Waals surface area contributed by atoms with E-state index in [-0.39, 0.29) is 70.3 Å². The molecule has 7 rings (SSSR count).